The summed E-state index contributed by atoms with van der Waals surface area (Å²) in [4.78, 5) is 27.5. The fraction of sp³-hybridized carbons (Fsp3) is 0.400. The first-order valence-electron chi connectivity index (χ1n) is 11.5. The monoisotopic (exact) mass is 467 g/mol. The molecular formula is C25H30ClN5O2. The fourth-order valence-electron chi connectivity index (χ4n) is 4.36. The Balaban J connectivity index is 1.33. The number of likely N-dealkylation sites (tertiary alicyclic amines) is 1. The summed E-state index contributed by atoms with van der Waals surface area (Å²) >= 11 is 6.16. The highest BCUT2D eigenvalue weighted by molar-refractivity contribution is 6.31. The predicted octanol–water partition coefficient (Wildman–Crippen LogP) is 3.26. The van der Waals surface area contributed by atoms with Gasteiger partial charge in [0, 0.05) is 24.0 Å². The molecule has 1 aliphatic rings. The van der Waals surface area contributed by atoms with Crippen molar-refractivity contribution in [3.05, 3.63) is 87.1 Å². The van der Waals surface area contributed by atoms with E-state index in [1.807, 2.05) is 61.5 Å². The molecule has 1 N–H and O–H groups in total. The van der Waals surface area contributed by atoms with Gasteiger partial charge in [0.25, 0.3) is 0 Å². The van der Waals surface area contributed by atoms with Crippen LogP contribution in [0.25, 0.3) is 0 Å². The zero-order valence-corrected chi connectivity index (χ0v) is 19.7. The molecule has 0 unspecified atom stereocenters. The van der Waals surface area contributed by atoms with Crippen LogP contribution in [0.4, 0.5) is 0 Å². The molecule has 174 valence electrons. The zero-order valence-electron chi connectivity index (χ0n) is 18.9. The number of rotatable bonds is 8. The van der Waals surface area contributed by atoms with Crippen LogP contribution in [-0.2, 0) is 24.4 Å². The van der Waals surface area contributed by atoms with E-state index in [1.165, 1.54) is 0 Å². The minimum atomic E-state index is -0.0577. The number of carbonyl (C=O) groups excluding carboxylic acids is 1. The fourth-order valence-corrected chi connectivity index (χ4v) is 4.56. The third-order valence-electron chi connectivity index (χ3n) is 6.20. The lowest BCUT2D eigenvalue weighted by Crippen LogP contribution is -2.41. The van der Waals surface area contributed by atoms with E-state index in [4.69, 9.17) is 16.7 Å². The van der Waals surface area contributed by atoms with Crippen molar-refractivity contribution in [1.82, 2.24) is 24.6 Å². The Kier molecular flexibility index (Phi) is 7.62. The molecule has 0 spiro atoms. The maximum atomic E-state index is 12.9. The third kappa shape index (κ3) is 5.72. The van der Waals surface area contributed by atoms with Crippen LogP contribution >= 0.6 is 11.6 Å². The molecule has 0 bridgehead atoms. The Morgan fingerprint density at radius 2 is 1.79 bits per heavy atom. The first kappa shape index (κ1) is 23.3. The summed E-state index contributed by atoms with van der Waals surface area (Å²) in [5, 5.41) is 8.33. The first-order valence-corrected chi connectivity index (χ1v) is 11.9. The normalized spacial score (nSPS) is 15.0. The Morgan fingerprint density at radius 3 is 2.48 bits per heavy atom. The standard InChI is InChI=1S/C25H30ClN5O2/c1-2-30-24(28-31(25(30)33)17-19-8-4-3-5-9-19)20-12-14-29(15-13-20)18-23(32)27-16-21-10-6-7-11-22(21)26/h3-11,20H,2,12-18H2,1H3,(H,27,32). The lowest BCUT2D eigenvalue weighted by Gasteiger charge is -2.31. The second kappa shape index (κ2) is 10.8. The average molecular weight is 468 g/mol. The summed E-state index contributed by atoms with van der Waals surface area (Å²) in [6, 6.07) is 17.4. The Morgan fingerprint density at radius 1 is 1.09 bits per heavy atom. The SMILES string of the molecule is CCn1c(C2CCN(CC(=O)NCc3ccccc3Cl)CC2)nn(Cc2ccccc2)c1=O. The van der Waals surface area contributed by atoms with Crippen molar-refractivity contribution in [1.29, 1.82) is 0 Å². The number of nitrogens with zero attached hydrogens (tertiary/aromatic N) is 4. The third-order valence-corrected chi connectivity index (χ3v) is 6.57. The van der Waals surface area contributed by atoms with Gasteiger partial charge in [-0.1, -0.05) is 60.1 Å². The van der Waals surface area contributed by atoms with Gasteiger partial charge in [-0.25, -0.2) is 9.48 Å². The summed E-state index contributed by atoms with van der Waals surface area (Å²) in [5.74, 6) is 1.07. The van der Waals surface area contributed by atoms with Crippen LogP contribution in [0.15, 0.2) is 59.4 Å². The van der Waals surface area contributed by atoms with Crippen LogP contribution in [0, 0.1) is 0 Å². The van der Waals surface area contributed by atoms with Crippen LogP contribution in [0.2, 0.25) is 5.02 Å². The van der Waals surface area contributed by atoms with Gasteiger partial charge >= 0.3 is 5.69 Å². The minimum absolute atomic E-state index is 0.00836. The van der Waals surface area contributed by atoms with E-state index in [-0.39, 0.29) is 17.5 Å². The van der Waals surface area contributed by atoms with Gasteiger partial charge in [-0.3, -0.25) is 14.3 Å². The number of benzene rings is 2. The maximum absolute atomic E-state index is 12.9. The van der Waals surface area contributed by atoms with Gasteiger partial charge in [0.15, 0.2) is 0 Å². The van der Waals surface area contributed by atoms with Gasteiger partial charge in [0.1, 0.15) is 5.82 Å². The first-order chi connectivity index (χ1) is 16.0. The Bertz CT molecular complexity index is 1130. The van der Waals surface area contributed by atoms with Gasteiger partial charge in [0.05, 0.1) is 13.1 Å². The molecule has 33 heavy (non-hydrogen) atoms. The summed E-state index contributed by atoms with van der Waals surface area (Å²) in [6.07, 6.45) is 1.75. The van der Waals surface area contributed by atoms with Crippen molar-refractivity contribution < 1.29 is 4.79 Å². The Hall–Kier alpha value is -2.90. The van der Waals surface area contributed by atoms with Gasteiger partial charge in [-0.05, 0) is 50.0 Å². The van der Waals surface area contributed by atoms with Crippen molar-refractivity contribution in [3.8, 4) is 0 Å². The lowest BCUT2D eigenvalue weighted by molar-refractivity contribution is -0.122. The van der Waals surface area contributed by atoms with E-state index in [0.717, 1.165) is 42.9 Å². The van der Waals surface area contributed by atoms with Crippen LogP contribution in [0.3, 0.4) is 0 Å². The van der Waals surface area contributed by atoms with Crippen LogP contribution in [0.5, 0.6) is 0 Å². The molecule has 1 fully saturated rings. The molecule has 0 aliphatic carbocycles. The minimum Gasteiger partial charge on any atom is -0.351 e. The maximum Gasteiger partial charge on any atom is 0.346 e. The molecule has 0 atom stereocenters. The molecule has 1 amide bonds. The zero-order chi connectivity index (χ0) is 23.2. The molecule has 0 saturated carbocycles. The lowest BCUT2D eigenvalue weighted by atomic mass is 9.96. The van der Waals surface area contributed by atoms with E-state index >= 15 is 0 Å². The van der Waals surface area contributed by atoms with Crippen molar-refractivity contribution in [2.45, 2.75) is 45.3 Å². The van der Waals surface area contributed by atoms with Crippen LogP contribution < -0.4 is 11.0 Å². The van der Waals surface area contributed by atoms with Crippen molar-refractivity contribution in [2.75, 3.05) is 19.6 Å². The molecule has 4 rings (SSSR count). The molecular weight excluding hydrogens is 438 g/mol. The van der Waals surface area contributed by atoms with E-state index < -0.39 is 0 Å². The molecule has 0 radical (unpaired) electrons. The number of hydrogen-bond acceptors (Lipinski definition) is 4. The number of piperidine rings is 1. The highest BCUT2D eigenvalue weighted by Gasteiger charge is 2.27. The summed E-state index contributed by atoms with van der Waals surface area (Å²) in [7, 11) is 0. The van der Waals surface area contributed by atoms with E-state index in [2.05, 4.69) is 10.2 Å². The molecule has 1 aliphatic heterocycles. The van der Waals surface area contributed by atoms with Crippen molar-refractivity contribution in [2.24, 2.45) is 0 Å². The average Bonchev–Trinajstić information content (AvgIpc) is 3.14. The van der Waals surface area contributed by atoms with E-state index in [0.29, 0.717) is 31.2 Å². The molecule has 1 aromatic heterocycles. The van der Waals surface area contributed by atoms with Crippen LogP contribution in [-0.4, -0.2) is 44.8 Å². The topological polar surface area (TPSA) is 72.2 Å². The highest BCUT2D eigenvalue weighted by Crippen LogP contribution is 2.26. The van der Waals surface area contributed by atoms with E-state index in [1.54, 1.807) is 9.25 Å². The number of amides is 1. The number of carbonyl (C=O) groups is 1. The molecule has 8 heteroatoms. The second-order valence-corrected chi connectivity index (χ2v) is 8.85. The van der Waals surface area contributed by atoms with Crippen LogP contribution in [0.1, 0.15) is 42.6 Å². The summed E-state index contributed by atoms with van der Waals surface area (Å²) in [6.45, 7) is 5.45. The molecule has 2 aromatic carbocycles. The van der Waals surface area contributed by atoms with Gasteiger partial charge < -0.3 is 5.32 Å². The van der Waals surface area contributed by atoms with Crippen molar-refractivity contribution in [3.63, 3.8) is 0 Å². The van der Waals surface area contributed by atoms with Gasteiger partial charge in [0.2, 0.25) is 5.91 Å². The number of nitrogens with one attached hydrogen (secondary N) is 1. The molecule has 2 heterocycles. The Labute approximate surface area is 199 Å². The van der Waals surface area contributed by atoms with Gasteiger partial charge in [-0.2, -0.15) is 5.10 Å². The highest BCUT2D eigenvalue weighted by atomic mass is 35.5. The van der Waals surface area contributed by atoms with Gasteiger partial charge in [-0.15, -0.1) is 0 Å². The van der Waals surface area contributed by atoms with E-state index in [9.17, 15) is 9.59 Å². The second-order valence-electron chi connectivity index (χ2n) is 8.45. The number of hydrogen-bond donors (Lipinski definition) is 1. The molecule has 3 aromatic rings. The molecule has 1 saturated heterocycles. The summed E-state index contributed by atoms with van der Waals surface area (Å²) in [5.41, 5.74) is 1.91. The van der Waals surface area contributed by atoms with Crippen molar-refractivity contribution >= 4 is 17.5 Å². The quantitative estimate of drug-likeness (QED) is 0.552. The molecule has 7 nitrogen and oxygen atoms in total. The largest absolute Gasteiger partial charge is 0.351 e. The number of halogens is 1. The number of aromatic nitrogens is 3. The smallest absolute Gasteiger partial charge is 0.346 e. The summed E-state index contributed by atoms with van der Waals surface area (Å²) < 4.78 is 3.36. The predicted molar refractivity (Wildman–Crippen MR) is 129 cm³/mol.